The van der Waals surface area contributed by atoms with Crippen molar-refractivity contribution in [2.45, 2.75) is 58.0 Å². The van der Waals surface area contributed by atoms with Gasteiger partial charge in [0.2, 0.25) is 0 Å². The highest BCUT2D eigenvalue weighted by Gasteiger charge is 2.37. The van der Waals surface area contributed by atoms with Gasteiger partial charge in [-0.3, -0.25) is 0 Å². The van der Waals surface area contributed by atoms with Crippen LogP contribution in [0.25, 0.3) is 0 Å². The first-order valence-corrected chi connectivity index (χ1v) is 10.6. The van der Waals surface area contributed by atoms with Gasteiger partial charge in [-0.15, -0.1) is 0 Å². The fourth-order valence-electron chi connectivity index (χ4n) is 1.65. The summed E-state index contributed by atoms with van der Waals surface area (Å²) in [5.74, 6) is -0.265. The molecular weight excluding hydrogens is 299 g/mol. The van der Waals surface area contributed by atoms with Gasteiger partial charge in [-0.1, -0.05) is 32.9 Å². The van der Waals surface area contributed by atoms with Crippen LogP contribution in [0.3, 0.4) is 0 Å². The van der Waals surface area contributed by atoms with Gasteiger partial charge in [0, 0.05) is 0 Å². The van der Waals surface area contributed by atoms with Crippen LogP contribution in [0, 0.1) is 5.82 Å². The van der Waals surface area contributed by atoms with Gasteiger partial charge in [0.1, 0.15) is 5.82 Å². The number of rotatable bonds is 7. The molecule has 0 radical (unpaired) electrons. The Morgan fingerprint density at radius 1 is 1.14 bits per heavy atom. The highest BCUT2D eigenvalue weighted by atomic mass is 28.4. The smallest absolute Gasteiger partial charge is 0.192 e. The van der Waals surface area contributed by atoms with Crippen molar-refractivity contribution in [2.75, 3.05) is 13.2 Å². The van der Waals surface area contributed by atoms with E-state index in [1.165, 1.54) is 12.1 Å². The lowest BCUT2D eigenvalue weighted by Crippen LogP contribution is -2.43. The van der Waals surface area contributed by atoms with Crippen LogP contribution in [-0.4, -0.2) is 32.7 Å². The van der Waals surface area contributed by atoms with Crippen LogP contribution in [0.15, 0.2) is 24.3 Å². The van der Waals surface area contributed by atoms with Crippen LogP contribution in [0.5, 0.6) is 0 Å². The van der Waals surface area contributed by atoms with Crippen molar-refractivity contribution in [3.63, 3.8) is 0 Å². The Kier molecular flexibility index (Phi) is 6.74. The number of benzene rings is 1. The minimum Gasteiger partial charge on any atom is -0.414 e. The minimum atomic E-state index is -1.85. The van der Waals surface area contributed by atoms with E-state index in [0.29, 0.717) is 0 Å². The second-order valence-electron chi connectivity index (χ2n) is 7.25. The predicted molar refractivity (Wildman–Crippen MR) is 89.9 cm³/mol. The molecule has 0 bridgehead atoms. The van der Waals surface area contributed by atoms with E-state index in [9.17, 15) is 9.50 Å². The Morgan fingerprint density at radius 2 is 1.68 bits per heavy atom. The normalized spacial score (nSPS) is 15.6. The summed E-state index contributed by atoms with van der Waals surface area (Å²) < 4.78 is 24.5. The molecule has 1 aromatic carbocycles. The Bertz CT molecular complexity index is 454. The fourth-order valence-corrected chi connectivity index (χ4v) is 2.70. The van der Waals surface area contributed by atoms with Crippen molar-refractivity contribution in [3.05, 3.63) is 35.6 Å². The molecule has 0 saturated carbocycles. The van der Waals surface area contributed by atoms with Crippen LogP contribution in [0.1, 0.15) is 39.4 Å². The molecule has 126 valence electrons. The molecular formula is C17H29FO3Si. The summed E-state index contributed by atoms with van der Waals surface area (Å²) in [6, 6.07) is 6.20. The molecule has 1 N–H and O–H groups in total. The topological polar surface area (TPSA) is 38.7 Å². The van der Waals surface area contributed by atoms with E-state index < -0.39 is 14.4 Å². The molecule has 0 amide bonds. The van der Waals surface area contributed by atoms with Crippen LogP contribution < -0.4 is 0 Å². The van der Waals surface area contributed by atoms with Crippen molar-refractivity contribution < 1.29 is 18.7 Å². The van der Waals surface area contributed by atoms with E-state index in [2.05, 4.69) is 33.9 Å². The molecule has 2 atom stereocenters. The van der Waals surface area contributed by atoms with Gasteiger partial charge in [-0.2, -0.15) is 0 Å². The molecule has 0 unspecified atom stereocenters. The maximum absolute atomic E-state index is 12.9. The first kappa shape index (κ1) is 19.3. The predicted octanol–water partition coefficient (Wildman–Crippen LogP) is 4.29. The molecule has 0 fully saturated rings. The summed E-state index contributed by atoms with van der Waals surface area (Å²) in [6.45, 7) is 13.2. The van der Waals surface area contributed by atoms with Gasteiger partial charge >= 0.3 is 0 Å². The van der Waals surface area contributed by atoms with Crippen molar-refractivity contribution in [1.82, 2.24) is 0 Å². The lowest BCUT2D eigenvalue weighted by atomic mass is 10.1. The molecule has 0 aliphatic heterocycles. The number of hydrogen-bond donors (Lipinski definition) is 1. The van der Waals surface area contributed by atoms with Crippen LogP contribution >= 0.6 is 0 Å². The molecule has 0 spiro atoms. The SMILES string of the molecule is C[C@H](OC[C@@H](O)CO[Si](C)(C)C(C)(C)C)c1ccc(F)cc1. The summed E-state index contributed by atoms with van der Waals surface area (Å²) in [5, 5.41) is 10.2. The van der Waals surface area contributed by atoms with Crippen molar-refractivity contribution in [3.8, 4) is 0 Å². The first-order chi connectivity index (χ1) is 10.0. The van der Waals surface area contributed by atoms with E-state index in [-0.39, 0.29) is 30.2 Å². The zero-order valence-corrected chi connectivity index (χ0v) is 15.5. The molecule has 22 heavy (non-hydrogen) atoms. The molecule has 0 heterocycles. The lowest BCUT2D eigenvalue weighted by Gasteiger charge is -2.36. The minimum absolute atomic E-state index is 0.120. The van der Waals surface area contributed by atoms with Crippen molar-refractivity contribution in [2.24, 2.45) is 0 Å². The Balaban J connectivity index is 2.40. The molecule has 3 nitrogen and oxygen atoms in total. The molecule has 1 rings (SSSR count). The first-order valence-electron chi connectivity index (χ1n) is 7.72. The molecule has 0 saturated heterocycles. The Labute approximate surface area is 134 Å². The highest BCUT2D eigenvalue weighted by molar-refractivity contribution is 6.74. The molecule has 0 aromatic heterocycles. The Hall–Kier alpha value is -0.753. The highest BCUT2D eigenvalue weighted by Crippen LogP contribution is 2.36. The van der Waals surface area contributed by atoms with Crippen LogP contribution in [0.4, 0.5) is 4.39 Å². The standard InChI is InChI=1S/C17H29FO3Si/c1-13(14-7-9-15(18)10-8-14)20-11-16(19)12-21-22(5,6)17(2,3)4/h7-10,13,16,19H,11-12H2,1-6H3/t13-,16+/m0/s1. The number of halogens is 1. The number of hydrogen-bond acceptors (Lipinski definition) is 3. The second kappa shape index (κ2) is 7.68. The number of aliphatic hydroxyl groups excluding tert-OH is 1. The zero-order valence-electron chi connectivity index (χ0n) is 14.5. The third-order valence-corrected chi connectivity index (χ3v) is 8.82. The van der Waals surface area contributed by atoms with E-state index in [1.54, 1.807) is 12.1 Å². The zero-order chi connectivity index (χ0) is 17.0. The summed E-state index contributed by atoms with van der Waals surface area (Å²) in [4.78, 5) is 0. The van der Waals surface area contributed by atoms with E-state index >= 15 is 0 Å². The summed E-state index contributed by atoms with van der Waals surface area (Å²) in [6.07, 6.45) is -0.847. The average molecular weight is 328 g/mol. The van der Waals surface area contributed by atoms with Gasteiger partial charge < -0.3 is 14.3 Å². The Morgan fingerprint density at radius 3 is 2.18 bits per heavy atom. The largest absolute Gasteiger partial charge is 0.414 e. The molecule has 0 aliphatic rings. The third kappa shape index (κ3) is 5.80. The summed E-state index contributed by atoms with van der Waals surface area (Å²) in [7, 11) is -1.85. The molecule has 5 heteroatoms. The number of aliphatic hydroxyl groups is 1. The fraction of sp³-hybridized carbons (Fsp3) is 0.647. The van der Waals surface area contributed by atoms with E-state index in [1.807, 2.05) is 6.92 Å². The van der Waals surface area contributed by atoms with Crippen LogP contribution in [-0.2, 0) is 9.16 Å². The van der Waals surface area contributed by atoms with Crippen molar-refractivity contribution in [1.29, 1.82) is 0 Å². The van der Waals surface area contributed by atoms with Gasteiger partial charge in [0.25, 0.3) is 0 Å². The van der Waals surface area contributed by atoms with Crippen molar-refractivity contribution >= 4 is 8.32 Å². The molecule has 1 aromatic rings. The van der Waals surface area contributed by atoms with Gasteiger partial charge in [0.05, 0.1) is 25.4 Å². The van der Waals surface area contributed by atoms with Crippen LogP contribution in [0.2, 0.25) is 18.1 Å². The van der Waals surface area contributed by atoms with Gasteiger partial charge in [0.15, 0.2) is 8.32 Å². The lowest BCUT2D eigenvalue weighted by molar-refractivity contribution is -0.0213. The molecule has 0 aliphatic carbocycles. The summed E-state index contributed by atoms with van der Waals surface area (Å²) in [5.41, 5.74) is 0.888. The third-order valence-electron chi connectivity index (χ3n) is 4.32. The maximum atomic E-state index is 12.9. The van der Waals surface area contributed by atoms with Gasteiger partial charge in [-0.05, 0) is 42.8 Å². The average Bonchev–Trinajstić information content (AvgIpc) is 2.42. The van der Waals surface area contributed by atoms with E-state index in [4.69, 9.17) is 9.16 Å². The van der Waals surface area contributed by atoms with Gasteiger partial charge in [-0.25, -0.2) is 4.39 Å². The van der Waals surface area contributed by atoms with E-state index in [0.717, 1.165) is 5.56 Å². The maximum Gasteiger partial charge on any atom is 0.192 e. The second-order valence-corrected chi connectivity index (χ2v) is 12.1. The quantitative estimate of drug-likeness (QED) is 0.759. The summed E-state index contributed by atoms with van der Waals surface area (Å²) >= 11 is 0. The monoisotopic (exact) mass is 328 g/mol. The number of ether oxygens (including phenoxy) is 1.